The molecule has 0 aliphatic carbocycles. The number of nitrogen functional groups attached to an aromatic ring is 1. The van der Waals surface area contributed by atoms with Gasteiger partial charge in [0.25, 0.3) is 0 Å². The largest absolute Gasteiger partial charge is 0.382 e. The average molecular weight is 240 g/mol. The number of aromatic nitrogens is 3. The van der Waals surface area contributed by atoms with Crippen molar-refractivity contribution in [1.29, 1.82) is 0 Å². The molecule has 0 amide bonds. The number of H-pyrrole nitrogens is 1. The van der Waals surface area contributed by atoms with Crippen LogP contribution >= 0.6 is 0 Å². The molecule has 0 aliphatic heterocycles. The third-order valence-electron chi connectivity index (χ3n) is 3.39. The summed E-state index contributed by atoms with van der Waals surface area (Å²) < 4.78 is 2.29. The molecule has 4 heteroatoms. The van der Waals surface area contributed by atoms with Crippen molar-refractivity contribution < 1.29 is 0 Å². The van der Waals surface area contributed by atoms with Gasteiger partial charge in [-0.15, -0.1) is 0 Å². The number of aromatic amines is 1. The van der Waals surface area contributed by atoms with E-state index in [0.29, 0.717) is 5.82 Å². The van der Waals surface area contributed by atoms with E-state index in [4.69, 9.17) is 5.73 Å². The number of anilines is 1. The zero-order valence-corrected chi connectivity index (χ0v) is 10.6. The highest BCUT2D eigenvalue weighted by molar-refractivity contribution is 5.91. The first-order valence-corrected chi connectivity index (χ1v) is 6.11. The molecular weight excluding hydrogens is 224 g/mol. The Kier molecular flexibility index (Phi) is 2.37. The molecule has 0 saturated carbocycles. The normalized spacial score (nSPS) is 11.2. The van der Waals surface area contributed by atoms with Gasteiger partial charge in [0.05, 0.1) is 11.4 Å². The van der Waals surface area contributed by atoms with Gasteiger partial charge < -0.3 is 10.3 Å². The Morgan fingerprint density at radius 2 is 2.11 bits per heavy atom. The molecule has 2 aromatic heterocycles. The number of hydrogen-bond donors (Lipinski definition) is 2. The first-order valence-electron chi connectivity index (χ1n) is 6.11. The monoisotopic (exact) mass is 240 g/mol. The lowest BCUT2D eigenvalue weighted by molar-refractivity contribution is 0.800. The predicted molar refractivity (Wildman–Crippen MR) is 74.3 cm³/mol. The molecule has 3 N–H and O–H groups in total. The second-order valence-electron chi connectivity index (χ2n) is 4.44. The fourth-order valence-electron chi connectivity index (χ4n) is 2.61. The lowest BCUT2D eigenvalue weighted by atomic mass is 10.1. The van der Waals surface area contributed by atoms with Crippen LogP contribution in [0.15, 0.2) is 30.3 Å². The van der Waals surface area contributed by atoms with E-state index in [2.05, 4.69) is 52.9 Å². The van der Waals surface area contributed by atoms with E-state index in [1.54, 1.807) is 0 Å². The van der Waals surface area contributed by atoms with Crippen molar-refractivity contribution >= 4 is 16.7 Å². The van der Waals surface area contributed by atoms with Crippen molar-refractivity contribution in [1.82, 2.24) is 14.8 Å². The third-order valence-corrected chi connectivity index (χ3v) is 3.39. The molecule has 1 aromatic carbocycles. The van der Waals surface area contributed by atoms with Gasteiger partial charge in [0.2, 0.25) is 0 Å². The summed E-state index contributed by atoms with van der Waals surface area (Å²) in [4.78, 5) is 0. The van der Waals surface area contributed by atoms with E-state index >= 15 is 0 Å². The maximum Gasteiger partial charge on any atom is 0.145 e. The Morgan fingerprint density at radius 1 is 1.33 bits per heavy atom. The maximum atomic E-state index is 5.70. The second kappa shape index (κ2) is 3.91. The molecule has 0 fully saturated rings. The molecule has 0 unspecified atom stereocenters. The number of para-hydroxylation sites is 1. The van der Waals surface area contributed by atoms with Crippen molar-refractivity contribution in [2.45, 2.75) is 20.4 Å². The van der Waals surface area contributed by atoms with Crippen molar-refractivity contribution in [3.8, 4) is 11.4 Å². The molecule has 0 radical (unpaired) electrons. The molecule has 0 aliphatic rings. The van der Waals surface area contributed by atoms with Gasteiger partial charge in [0, 0.05) is 23.5 Å². The molecule has 0 saturated heterocycles. The molecule has 0 bridgehead atoms. The Labute approximate surface area is 105 Å². The fourth-order valence-corrected chi connectivity index (χ4v) is 2.61. The lowest BCUT2D eigenvalue weighted by Crippen LogP contribution is -1.97. The molecule has 92 valence electrons. The minimum atomic E-state index is 0.525. The summed E-state index contributed by atoms with van der Waals surface area (Å²) in [6.07, 6.45) is 0. The van der Waals surface area contributed by atoms with Crippen molar-refractivity contribution in [3.63, 3.8) is 0 Å². The van der Waals surface area contributed by atoms with E-state index in [-0.39, 0.29) is 0 Å². The van der Waals surface area contributed by atoms with E-state index in [1.807, 2.05) is 6.07 Å². The summed E-state index contributed by atoms with van der Waals surface area (Å²) in [5, 5.41) is 8.30. The molecular formula is C14H16N4. The summed E-state index contributed by atoms with van der Waals surface area (Å²) >= 11 is 0. The Hall–Kier alpha value is -2.23. The highest BCUT2D eigenvalue weighted by Crippen LogP contribution is 2.32. The van der Waals surface area contributed by atoms with Gasteiger partial charge in [-0.1, -0.05) is 18.2 Å². The van der Waals surface area contributed by atoms with E-state index in [0.717, 1.165) is 12.2 Å². The molecule has 3 aromatic rings. The summed E-state index contributed by atoms with van der Waals surface area (Å²) in [6.45, 7) is 5.21. The van der Waals surface area contributed by atoms with Crippen LogP contribution in [0, 0.1) is 6.92 Å². The van der Waals surface area contributed by atoms with Gasteiger partial charge in [-0.25, -0.2) is 0 Å². The molecule has 0 atom stereocenters. The lowest BCUT2D eigenvalue weighted by Gasteiger charge is -2.06. The van der Waals surface area contributed by atoms with E-state index < -0.39 is 0 Å². The maximum absolute atomic E-state index is 5.70. The predicted octanol–water partition coefficient (Wildman–Crippen LogP) is 2.94. The molecule has 2 heterocycles. The fraction of sp³-hybridized carbons (Fsp3) is 0.214. The zero-order chi connectivity index (χ0) is 12.7. The van der Waals surface area contributed by atoms with Crippen LogP contribution in [-0.4, -0.2) is 14.8 Å². The van der Waals surface area contributed by atoms with Crippen molar-refractivity contribution in [2.24, 2.45) is 0 Å². The third kappa shape index (κ3) is 1.42. The van der Waals surface area contributed by atoms with E-state index in [9.17, 15) is 0 Å². The number of fused-ring (bicyclic) bond motifs is 1. The van der Waals surface area contributed by atoms with Gasteiger partial charge in [0.15, 0.2) is 0 Å². The quantitative estimate of drug-likeness (QED) is 0.723. The standard InChI is InChI=1S/C14H16N4/c1-3-18-12-7-5-4-6-10(12)9(2)14(18)11-8-13(15)17-16-11/h4-8H,3H2,1-2H3,(H3,15,16,17). The van der Waals surface area contributed by atoms with Gasteiger partial charge in [-0.3, -0.25) is 5.10 Å². The number of hydrogen-bond acceptors (Lipinski definition) is 2. The number of rotatable bonds is 2. The Bertz CT molecular complexity index is 706. The van der Waals surface area contributed by atoms with Crippen LogP contribution in [0.25, 0.3) is 22.3 Å². The Balaban J connectivity index is 2.37. The first-order chi connectivity index (χ1) is 8.72. The molecule has 4 nitrogen and oxygen atoms in total. The van der Waals surface area contributed by atoms with Crippen LogP contribution in [0.5, 0.6) is 0 Å². The van der Waals surface area contributed by atoms with Crippen molar-refractivity contribution in [3.05, 3.63) is 35.9 Å². The summed E-state index contributed by atoms with van der Waals surface area (Å²) in [5.41, 5.74) is 10.4. The first kappa shape index (κ1) is 10.9. The SMILES string of the molecule is CCn1c(-c2cc(N)n[nH]2)c(C)c2ccccc21. The summed E-state index contributed by atoms with van der Waals surface area (Å²) in [5.74, 6) is 0.525. The van der Waals surface area contributed by atoms with Gasteiger partial charge in [-0.2, -0.15) is 5.10 Å². The highest BCUT2D eigenvalue weighted by Gasteiger charge is 2.15. The van der Waals surface area contributed by atoms with Gasteiger partial charge in [-0.05, 0) is 25.5 Å². The zero-order valence-electron chi connectivity index (χ0n) is 10.6. The average Bonchev–Trinajstić information content (AvgIpc) is 2.92. The highest BCUT2D eigenvalue weighted by atomic mass is 15.2. The van der Waals surface area contributed by atoms with Crippen LogP contribution < -0.4 is 5.73 Å². The smallest absolute Gasteiger partial charge is 0.145 e. The number of aryl methyl sites for hydroxylation is 2. The number of benzene rings is 1. The van der Waals surface area contributed by atoms with Crippen LogP contribution in [0.3, 0.4) is 0 Å². The van der Waals surface area contributed by atoms with Gasteiger partial charge >= 0.3 is 0 Å². The number of nitrogens with zero attached hydrogens (tertiary/aromatic N) is 2. The Morgan fingerprint density at radius 3 is 2.78 bits per heavy atom. The minimum absolute atomic E-state index is 0.525. The topological polar surface area (TPSA) is 59.6 Å². The van der Waals surface area contributed by atoms with Crippen LogP contribution in [0.2, 0.25) is 0 Å². The van der Waals surface area contributed by atoms with Gasteiger partial charge in [0.1, 0.15) is 5.82 Å². The van der Waals surface area contributed by atoms with Crippen LogP contribution in [-0.2, 0) is 6.54 Å². The number of nitrogens with one attached hydrogen (secondary N) is 1. The van der Waals surface area contributed by atoms with Crippen LogP contribution in [0.1, 0.15) is 12.5 Å². The second-order valence-corrected chi connectivity index (χ2v) is 4.44. The van der Waals surface area contributed by atoms with E-state index in [1.165, 1.54) is 22.2 Å². The molecule has 0 spiro atoms. The van der Waals surface area contributed by atoms with Crippen molar-refractivity contribution in [2.75, 3.05) is 5.73 Å². The minimum Gasteiger partial charge on any atom is -0.382 e. The summed E-state index contributed by atoms with van der Waals surface area (Å²) in [6, 6.07) is 10.3. The molecule has 18 heavy (non-hydrogen) atoms. The molecule has 3 rings (SSSR count). The van der Waals surface area contributed by atoms with Crippen LogP contribution in [0.4, 0.5) is 5.82 Å². The number of nitrogens with two attached hydrogens (primary N) is 1. The summed E-state index contributed by atoms with van der Waals surface area (Å²) in [7, 11) is 0.